The maximum Gasteiger partial charge on any atom is 0.130 e. The van der Waals surface area contributed by atoms with Crippen LogP contribution in [-0.4, -0.2) is 15.7 Å². The van der Waals surface area contributed by atoms with Crippen LogP contribution in [0.4, 0.5) is 5.82 Å². The molecule has 0 aromatic carbocycles. The predicted octanol–water partition coefficient (Wildman–Crippen LogP) is 1.02. The van der Waals surface area contributed by atoms with Crippen LogP contribution in [0.3, 0.4) is 0 Å². The molecule has 0 atom stereocenters. The minimum Gasteiger partial charge on any atom is -0.383 e. The van der Waals surface area contributed by atoms with E-state index in [-0.39, 0.29) is 5.92 Å². The molecule has 1 aromatic heterocycles. The number of imidazole rings is 1. The number of nitrogens with two attached hydrogens (primary N) is 1. The van der Waals surface area contributed by atoms with Crippen molar-refractivity contribution in [3.05, 3.63) is 12.0 Å². The summed E-state index contributed by atoms with van der Waals surface area (Å²) in [6.07, 6.45) is 1.50. The summed E-state index contributed by atoms with van der Waals surface area (Å²) in [5, 5.41) is 7.58. The minimum absolute atomic E-state index is 0.167. The molecule has 4 nitrogen and oxygen atoms in total. The molecule has 0 aliphatic rings. The van der Waals surface area contributed by atoms with Gasteiger partial charge in [0.25, 0.3) is 0 Å². The predicted molar refractivity (Wildman–Crippen MR) is 44.7 cm³/mol. The Kier molecular flexibility index (Phi) is 1.94. The van der Waals surface area contributed by atoms with Crippen LogP contribution < -0.4 is 5.73 Å². The third kappa shape index (κ3) is 1.39. The Labute approximate surface area is 65.3 Å². The summed E-state index contributed by atoms with van der Waals surface area (Å²) in [6, 6.07) is 0. The monoisotopic (exact) mass is 152 g/mol. The van der Waals surface area contributed by atoms with Crippen LogP contribution in [0.1, 0.15) is 19.5 Å². The third-order valence-electron chi connectivity index (χ3n) is 1.50. The standard InChI is InChI=1S/C7H12N4/c1-4(2)5(8)6-7(9)11-3-10-6/h3-4,8H,9H2,1-2H3,(H,10,11). The molecule has 0 amide bonds. The van der Waals surface area contributed by atoms with Crippen molar-refractivity contribution in [2.75, 3.05) is 5.73 Å². The van der Waals surface area contributed by atoms with Gasteiger partial charge in [-0.05, 0) is 5.92 Å². The SMILES string of the molecule is CC(C)C(=N)c1nc[nH]c1N. The first-order valence-corrected chi connectivity index (χ1v) is 3.50. The van der Waals surface area contributed by atoms with E-state index in [2.05, 4.69) is 9.97 Å². The Morgan fingerprint density at radius 3 is 2.73 bits per heavy atom. The van der Waals surface area contributed by atoms with Gasteiger partial charge in [0.2, 0.25) is 0 Å². The molecule has 0 aliphatic carbocycles. The second kappa shape index (κ2) is 2.74. The smallest absolute Gasteiger partial charge is 0.130 e. The third-order valence-corrected chi connectivity index (χ3v) is 1.50. The van der Waals surface area contributed by atoms with Gasteiger partial charge in [-0.1, -0.05) is 13.8 Å². The Morgan fingerprint density at radius 2 is 2.36 bits per heavy atom. The van der Waals surface area contributed by atoms with Gasteiger partial charge in [0.1, 0.15) is 11.5 Å². The molecular weight excluding hydrogens is 140 g/mol. The number of aromatic amines is 1. The van der Waals surface area contributed by atoms with Crippen molar-refractivity contribution in [3.63, 3.8) is 0 Å². The number of H-pyrrole nitrogens is 1. The number of aromatic nitrogens is 2. The molecule has 0 saturated heterocycles. The lowest BCUT2D eigenvalue weighted by atomic mass is 10.1. The van der Waals surface area contributed by atoms with Gasteiger partial charge in [-0.25, -0.2) is 4.98 Å². The maximum absolute atomic E-state index is 7.58. The van der Waals surface area contributed by atoms with Gasteiger partial charge in [-0.15, -0.1) is 0 Å². The normalized spacial score (nSPS) is 10.5. The van der Waals surface area contributed by atoms with Crippen LogP contribution in [0.25, 0.3) is 0 Å². The summed E-state index contributed by atoms with van der Waals surface area (Å²) >= 11 is 0. The number of nitrogens with zero attached hydrogens (tertiary/aromatic N) is 1. The van der Waals surface area contributed by atoms with Gasteiger partial charge in [-0.2, -0.15) is 0 Å². The van der Waals surface area contributed by atoms with E-state index in [1.807, 2.05) is 13.8 Å². The van der Waals surface area contributed by atoms with Crippen molar-refractivity contribution in [1.29, 1.82) is 5.41 Å². The van der Waals surface area contributed by atoms with Crippen molar-refractivity contribution >= 4 is 11.5 Å². The Hall–Kier alpha value is -1.32. The van der Waals surface area contributed by atoms with Crippen LogP contribution in [-0.2, 0) is 0 Å². The fourth-order valence-electron chi connectivity index (χ4n) is 0.792. The molecule has 0 saturated carbocycles. The summed E-state index contributed by atoms with van der Waals surface area (Å²) in [4.78, 5) is 6.66. The lowest BCUT2D eigenvalue weighted by Crippen LogP contribution is -2.10. The summed E-state index contributed by atoms with van der Waals surface area (Å²) in [7, 11) is 0. The molecule has 60 valence electrons. The summed E-state index contributed by atoms with van der Waals surface area (Å²) in [5.41, 5.74) is 6.57. The molecule has 1 aromatic rings. The van der Waals surface area contributed by atoms with E-state index >= 15 is 0 Å². The van der Waals surface area contributed by atoms with Crippen molar-refractivity contribution in [3.8, 4) is 0 Å². The van der Waals surface area contributed by atoms with E-state index in [1.165, 1.54) is 6.33 Å². The van der Waals surface area contributed by atoms with E-state index in [4.69, 9.17) is 11.1 Å². The average Bonchev–Trinajstić information content (AvgIpc) is 2.33. The van der Waals surface area contributed by atoms with Crippen molar-refractivity contribution in [2.45, 2.75) is 13.8 Å². The minimum atomic E-state index is 0.167. The molecule has 0 aliphatic heterocycles. The number of hydrogen-bond donors (Lipinski definition) is 3. The average molecular weight is 152 g/mol. The fraction of sp³-hybridized carbons (Fsp3) is 0.429. The Morgan fingerprint density at radius 1 is 1.73 bits per heavy atom. The van der Waals surface area contributed by atoms with Crippen molar-refractivity contribution in [2.24, 2.45) is 5.92 Å². The lowest BCUT2D eigenvalue weighted by molar-refractivity contribution is 0.874. The number of nitrogens with one attached hydrogen (secondary N) is 2. The van der Waals surface area contributed by atoms with Crippen LogP contribution in [0, 0.1) is 11.3 Å². The number of rotatable bonds is 2. The van der Waals surface area contributed by atoms with Gasteiger partial charge in [-0.3, -0.25) is 0 Å². The number of hydrogen-bond acceptors (Lipinski definition) is 3. The number of anilines is 1. The summed E-state index contributed by atoms with van der Waals surface area (Å²) in [6.45, 7) is 3.88. The van der Waals surface area contributed by atoms with Gasteiger partial charge in [0.15, 0.2) is 0 Å². The van der Waals surface area contributed by atoms with Crippen LogP contribution >= 0.6 is 0 Å². The molecule has 1 rings (SSSR count). The van der Waals surface area contributed by atoms with Gasteiger partial charge in [0.05, 0.1) is 12.0 Å². The molecule has 0 unspecified atom stereocenters. The highest BCUT2D eigenvalue weighted by atomic mass is 15.0. The second-order valence-corrected chi connectivity index (χ2v) is 2.73. The second-order valence-electron chi connectivity index (χ2n) is 2.73. The first kappa shape index (κ1) is 7.78. The van der Waals surface area contributed by atoms with Crippen molar-refractivity contribution in [1.82, 2.24) is 9.97 Å². The summed E-state index contributed by atoms with van der Waals surface area (Å²) < 4.78 is 0. The molecule has 0 radical (unpaired) electrons. The highest BCUT2D eigenvalue weighted by Gasteiger charge is 2.11. The zero-order valence-corrected chi connectivity index (χ0v) is 6.68. The van der Waals surface area contributed by atoms with Gasteiger partial charge < -0.3 is 16.1 Å². The Bertz CT molecular complexity index is 261. The molecular formula is C7H12N4. The Balaban J connectivity index is 2.93. The molecule has 0 spiro atoms. The molecule has 1 heterocycles. The zero-order chi connectivity index (χ0) is 8.43. The van der Waals surface area contributed by atoms with E-state index in [9.17, 15) is 0 Å². The van der Waals surface area contributed by atoms with Gasteiger partial charge >= 0.3 is 0 Å². The van der Waals surface area contributed by atoms with E-state index in [0.29, 0.717) is 17.2 Å². The van der Waals surface area contributed by atoms with Crippen LogP contribution in [0.5, 0.6) is 0 Å². The fourth-order valence-corrected chi connectivity index (χ4v) is 0.792. The quantitative estimate of drug-likeness (QED) is 0.553. The highest BCUT2D eigenvalue weighted by Crippen LogP contribution is 2.10. The van der Waals surface area contributed by atoms with E-state index in [0.717, 1.165) is 0 Å². The first-order chi connectivity index (χ1) is 5.13. The lowest BCUT2D eigenvalue weighted by Gasteiger charge is -2.03. The molecule has 0 bridgehead atoms. The first-order valence-electron chi connectivity index (χ1n) is 3.50. The zero-order valence-electron chi connectivity index (χ0n) is 6.68. The summed E-state index contributed by atoms with van der Waals surface area (Å²) in [5.74, 6) is 0.643. The van der Waals surface area contributed by atoms with Gasteiger partial charge in [0, 0.05) is 0 Å². The molecule has 11 heavy (non-hydrogen) atoms. The van der Waals surface area contributed by atoms with Crippen LogP contribution in [0.15, 0.2) is 6.33 Å². The highest BCUT2D eigenvalue weighted by molar-refractivity contribution is 6.01. The molecule has 4 N–H and O–H groups in total. The van der Waals surface area contributed by atoms with Crippen LogP contribution in [0.2, 0.25) is 0 Å². The molecule has 0 fully saturated rings. The van der Waals surface area contributed by atoms with E-state index < -0.39 is 0 Å². The van der Waals surface area contributed by atoms with E-state index in [1.54, 1.807) is 0 Å². The topological polar surface area (TPSA) is 78.5 Å². The molecule has 4 heteroatoms. The van der Waals surface area contributed by atoms with Crippen molar-refractivity contribution < 1.29 is 0 Å². The number of nitrogen functional groups attached to an aromatic ring is 1. The largest absolute Gasteiger partial charge is 0.383 e. The maximum atomic E-state index is 7.58.